The minimum atomic E-state index is -0.793. The van der Waals surface area contributed by atoms with E-state index in [9.17, 15) is 9.59 Å². The van der Waals surface area contributed by atoms with Crippen LogP contribution in [0.5, 0.6) is 0 Å². The van der Waals surface area contributed by atoms with Crippen molar-refractivity contribution < 1.29 is 19.8 Å². The highest BCUT2D eigenvalue weighted by Crippen LogP contribution is 2.24. The zero-order valence-electron chi connectivity index (χ0n) is 11.1. The van der Waals surface area contributed by atoms with Gasteiger partial charge in [0.05, 0.1) is 6.42 Å². The van der Waals surface area contributed by atoms with Crippen LogP contribution in [0.4, 0.5) is 4.79 Å². The Morgan fingerprint density at radius 3 is 2.42 bits per heavy atom. The second-order valence-electron chi connectivity index (χ2n) is 5.62. The van der Waals surface area contributed by atoms with Gasteiger partial charge in [0.2, 0.25) is 0 Å². The molecule has 0 aliphatic carbocycles. The Morgan fingerprint density at radius 1 is 1.11 bits per heavy atom. The molecule has 0 spiro atoms. The number of hydrogen-bond acceptors (Lipinski definition) is 3. The van der Waals surface area contributed by atoms with Gasteiger partial charge < -0.3 is 20.0 Å². The minimum Gasteiger partial charge on any atom is -0.481 e. The molecule has 2 aliphatic heterocycles. The Labute approximate surface area is 113 Å². The third kappa shape index (κ3) is 3.59. The van der Waals surface area contributed by atoms with Crippen molar-refractivity contribution in [3.63, 3.8) is 0 Å². The van der Waals surface area contributed by atoms with E-state index in [-0.39, 0.29) is 25.0 Å². The third-order valence-corrected chi connectivity index (χ3v) is 4.02. The van der Waals surface area contributed by atoms with Crippen molar-refractivity contribution in [2.45, 2.75) is 25.7 Å². The molecule has 2 rings (SSSR count). The number of aliphatic hydroxyl groups is 1. The van der Waals surface area contributed by atoms with E-state index in [0.717, 1.165) is 32.4 Å². The Bertz CT molecular complexity index is 340. The number of urea groups is 1. The Morgan fingerprint density at radius 2 is 1.79 bits per heavy atom. The highest BCUT2D eigenvalue weighted by atomic mass is 16.4. The van der Waals surface area contributed by atoms with Gasteiger partial charge in [-0.25, -0.2) is 4.79 Å². The molecule has 2 heterocycles. The Hall–Kier alpha value is -1.30. The van der Waals surface area contributed by atoms with E-state index in [4.69, 9.17) is 10.2 Å². The molecule has 0 bridgehead atoms. The summed E-state index contributed by atoms with van der Waals surface area (Å²) in [6.07, 6.45) is 2.97. The van der Waals surface area contributed by atoms with Crippen molar-refractivity contribution in [3.8, 4) is 0 Å². The SMILES string of the molecule is O=C(O)CC1CN(C(=O)N2CCCC(CCO)C2)C1. The van der Waals surface area contributed by atoms with Crippen LogP contribution in [0.15, 0.2) is 0 Å². The standard InChI is InChI=1S/C13H22N2O4/c16-5-3-10-2-1-4-14(7-10)13(19)15-8-11(9-15)6-12(17)18/h10-11,16H,1-9H2,(H,17,18). The molecule has 0 saturated carbocycles. The second kappa shape index (κ2) is 6.23. The van der Waals surface area contributed by atoms with Gasteiger partial charge in [-0.15, -0.1) is 0 Å². The van der Waals surface area contributed by atoms with E-state index in [2.05, 4.69) is 0 Å². The molecular formula is C13H22N2O4. The number of piperidine rings is 1. The first-order valence-corrected chi connectivity index (χ1v) is 6.96. The molecule has 2 aliphatic rings. The predicted octanol–water partition coefficient (Wildman–Crippen LogP) is 0.607. The average molecular weight is 270 g/mol. The van der Waals surface area contributed by atoms with Gasteiger partial charge in [-0.2, -0.15) is 0 Å². The van der Waals surface area contributed by atoms with Crippen LogP contribution in [-0.4, -0.2) is 64.8 Å². The average Bonchev–Trinajstić information content (AvgIpc) is 2.33. The fraction of sp³-hybridized carbons (Fsp3) is 0.846. The van der Waals surface area contributed by atoms with E-state index < -0.39 is 5.97 Å². The van der Waals surface area contributed by atoms with Crippen molar-refractivity contribution in [1.29, 1.82) is 0 Å². The molecule has 0 aromatic rings. The molecule has 0 aromatic heterocycles. The monoisotopic (exact) mass is 270 g/mol. The number of likely N-dealkylation sites (tertiary alicyclic amines) is 2. The summed E-state index contributed by atoms with van der Waals surface area (Å²) in [6, 6.07) is 0.0317. The van der Waals surface area contributed by atoms with Crippen LogP contribution >= 0.6 is 0 Å². The number of carboxylic acid groups (broad SMARTS) is 1. The molecule has 0 radical (unpaired) electrons. The number of aliphatic carboxylic acids is 1. The highest BCUT2D eigenvalue weighted by Gasteiger charge is 2.35. The van der Waals surface area contributed by atoms with E-state index in [1.54, 1.807) is 4.90 Å². The lowest BCUT2D eigenvalue weighted by atomic mass is 9.94. The molecular weight excluding hydrogens is 248 g/mol. The largest absolute Gasteiger partial charge is 0.481 e. The van der Waals surface area contributed by atoms with Crippen LogP contribution in [-0.2, 0) is 4.79 Å². The van der Waals surface area contributed by atoms with Crippen LogP contribution < -0.4 is 0 Å². The van der Waals surface area contributed by atoms with E-state index in [1.807, 2.05) is 4.90 Å². The van der Waals surface area contributed by atoms with Gasteiger partial charge >= 0.3 is 12.0 Å². The molecule has 108 valence electrons. The number of hydrogen-bond donors (Lipinski definition) is 2. The first-order chi connectivity index (χ1) is 9.10. The maximum Gasteiger partial charge on any atom is 0.320 e. The lowest BCUT2D eigenvalue weighted by Gasteiger charge is -2.43. The quantitative estimate of drug-likeness (QED) is 0.784. The number of carboxylic acids is 1. The van der Waals surface area contributed by atoms with Gasteiger partial charge in [0.25, 0.3) is 0 Å². The molecule has 2 fully saturated rings. The summed E-state index contributed by atoms with van der Waals surface area (Å²) in [5.74, 6) is -0.281. The first kappa shape index (κ1) is 14.1. The van der Waals surface area contributed by atoms with Gasteiger partial charge in [-0.05, 0) is 25.2 Å². The summed E-state index contributed by atoms with van der Waals surface area (Å²) >= 11 is 0. The fourth-order valence-electron chi connectivity index (χ4n) is 2.96. The molecule has 1 unspecified atom stereocenters. The smallest absolute Gasteiger partial charge is 0.320 e. The van der Waals surface area contributed by atoms with Gasteiger partial charge in [0.15, 0.2) is 0 Å². The zero-order chi connectivity index (χ0) is 13.8. The van der Waals surface area contributed by atoms with Crippen molar-refractivity contribution in [1.82, 2.24) is 9.80 Å². The number of aliphatic hydroxyl groups excluding tert-OH is 1. The van der Waals surface area contributed by atoms with Crippen molar-refractivity contribution in [2.75, 3.05) is 32.8 Å². The number of carbonyl (C=O) groups excluding carboxylic acids is 1. The van der Waals surface area contributed by atoms with Crippen molar-refractivity contribution in [3.05, 3.63) is 0 Å². The van der Waals surface area contributed by atoms with Crippen LogP contribution in [0.25, 0.3) is 0 Å². The molecule has 0 aromatic carbocycles. The zero-order valence-corrected chi connectivity index (χ0v) is 11.1. The maximum absolute atomic E-state index is 12.2. The van der Waals surface area contributed by atoms with E-state index in [0.29, 0.717) is 19.0 Å². The predicted molar refractivity (Wildman–Crippen MR) is 68.7 cm³/mol. The number of amides is 2. The number of rotatable bonds is 4. The van der Waals surface area contributed by atoms with E-state index in [1.165, 1.54) is 0 Å². The first-order valence-electron chi connectivity index (χ1n) is 6.96. The van der Waals surface area contributed by atoms with Gasteiger partial charge in [0, 0.05) is 38.7 Å². The number of carbonyl (C=O) groups is 2. The summed E-state index contributed by atoms with van der Waals surface area (Å²) in [5, 5.41) is 17.6. The Balaban J connectivity index is 1.76. The lowest BCUT2D eigenvalue weighted by molar-refractivity contribution is -0.139. The molecule has 2 N–H and O–H groups in total. The maximum atomic E-state index is 12.2. The van der Waals surface area contributed by atoms with Gasteiger partial charge in [-0.1, -0.05) is 0 Å². The van der Waals surface area contributed by atoms with Crippen LogP contribution in [0.2, 0.25) is 0 Å². The van der Waals surface area contributed by atoms with Crippen molar-refractivity contribution in [2.24, 2.45) is 11.8 Å². The van der Waals surface area contributed by atoms with Gasteiger partial charge in [0.1, 0.15) is 0 Å². The Kier molecular flexibility index (Phi) is 4.63. The summed E-state index contributed by atoms with van der Waals surface area (Å²) in [6.45, 7) is 2.80. The van der Waals surface area contributed by atoms with E-state index >= 15 is 0 Å². The summed E-state index contributed by atoms with van der Waals surface area (Å²) in [7, 11) is 0. The normalized spacial score (nSPS) is 24.2. The molecule has 6 heteroatoms. The van der Waals surface area contributed by atoms with Crippen molar-refractivity contribution >= 4 is 12.0 Å². The molecule has 1 atom stereocenters. The number of nitrogens with zero attached hydrogens (tertiary/aromatic N) is 2. The molecule has 2 saturated heterocycles. The third-order valence-electron chi connectivity index (χ3n) is 4.02. The summed E-state index contributed by atoms with van der Waals surface area (Å²) in [5.41, 5.74) is 0. The molecule has 2 amide bonds. The van der Waals surface area contributed by atoms with Crippen LogP contribution in [0, 0.1) is 11.8 Å². The molecule has 19 heavy (non-hydrogen) atoms. The molecule has 6 nitrogen and oxygen atoms in total. The van der Waals surface area contributed by atoms with Gasteiger partial charge in [-0.3, -0.25) is 4.79 Å². The second-order valence-corrected chi connectivity index (χ2v) is 5.62. The minimum absolute atomic E-state index is 0.0317. The topological polar surface area (TPSA) is 81.1 Å². The summed E-state index contributed by atoms with van der Waals surface area (Å²) in [4.78, 5) is 26.3. The lowest BCUT2D eigenvalue weighted by Crippen LogP contribution is -2.56. The summed E-state index contributed by atoms with van der Waals surface area (Å²) < 4.78 is 0. The highest BCUT2D eigenvalue weighted by molar-refractivity contribution is 5.76. The van der Waals surface area contributed by atoms with Crippen LogP contribution in [0.1, 0.15) is 25.7 Å². The fourth-order valence-corrected chi connectivity index (χ4v) is 2.96. The van der Waals surface area contributed by atoms with Crippen LogP contribution in [0.3, 0.4) is 0 Å².